The summed E-state index contributed by atoms with van der Waals surface area (Å²) < 4.78 is 5.08. The molecule has 1 atom stereocenters. The van der Waals surface area contributed by atoms with Crippen molar-refractivity contribution >= 4 is 11.9 Å². The zero-order valence-electron chi connectivity index (χ0n) is 11.1. The fourth-order valence-electron chi connectivity index (χ4n) is 2.06. The van der Waals surface area contributed by atoms with Crippen LogP contribution in [0.4, 0.5) is 0 Å². The number of carbonyl (C=O) groups excluding carboxylic acids is 1. The molecule has 0 aromatic heterocycles. The Kier molecular flexibility index (Phi) is 6.72. The zero-order chi connectivity index (χ0) is 13.4. The molecule has 5 heteroatoms. The molecular formula is C13H23NO4. The molecule has 0 aliphatic carbocycles. The summed E-state index contributed by atoms with van der Waals surface area (Å²) in [4.78, 5) is 24.3. The summed E-state index contributed by atoms with van der Waals surface area (Å²) in [7, 11) is 0. The maximum absolute atomic E-state index is 11.9. The van der Waals surface area contributed by atoms with Crippen LogP contribution in [0, 0.1) is 0 Å². The van der Waals surface area contributed by atoms with Gasteiger partial charge in [-0.15, -0.1) is 0 Å². The average Bonchev–Trinajstić information content (AvgIpc) is 2.38. The first-order chi connectivity index (χ1) is 8.65. The number of aliphatic carboxylic acids is 1. The number of hydrogen-bond acceptors (Lipinski definition) is 3. The highest BCUT2D eigenvalue weighted by Crippen LogP contribution is 2.10. The predicted molar refractivity (Wildman–Crippen MR) is 67.3 cm³/mol. The number of ether oxygens (including phenoxy) is 1. The van der Waals surface area contributed by atoms with Crippen LogP contribution in [0.3, 0.4) is 0 Å². The van der Waals surface area contributed by atoms with Gasteiger partial charge in [0.05, 0.1) is 13.2 Å². The molecule has 1 heterocycles. The van der Waals surface area contributed by atoms with Crippen molar-refractivity contribution in [2.75, 3.05) is 19.7 Å². The van der Waals surface area contributed by atoms with Crippen molar-refractivity contribution in [3.05, 3.63) is 0 Å². The van der Waals surface area contributed by atoms with E-state index in [0.717, 1.165) is 12.8 Å². The van der Waals surface area contributed by atoms with Crippen molar-refractivity contribution in [3.8, 4) is 0 Å². The highest BCUT2D eigenvalue weighted by atomic mass is 16.5. The van der Waals surface area contributed by atoms with Gasteiger partial charge in [0, 0.05) is 13.0 Å². The van der Waals surface area contributed by atoms with E-state index < -0.39 is 12.1 Å². The smallest absolute Gasteiger partial charge is 0.334 e. The van der Waals surface area contributed by atoms with Gasteiger partial charge < -0.3 is 14.7 Å². The third kappa shape index (κ3) is 5.04. The van der Waals surface area contributed by atoms with Crippen LogP contribution in [0.2, 0.25) is 0 Å². The summed E-state index contributed by atoms with van der Waals surface area (Å²) in [6.45, 7) is 3.17. The first-order valence-corrected chi connectivity index (χ1v) is 6.77. The van der Waals surface area contributed by atoms with Crippen LogP contribution >= 0.6 is 0 Å². The van der Waals surface area contributed by atoms with Gasteiger partial charge in [-0.2, -0.15) is 0 Å². The standard InChI is InChI=1S/C13H23NO4/c1-2-3-4-5-6-7-12(15)14-8-9-18-11(10-14)13(16)17/h11H,2-10H2,1H3,(H,16,17). The highest BCUT2D eigenvalue weighted by Gasteiger charge is 2.28. The monoisotopic (exact) mass is 257 g/mol. The lowest BCUT2D eigenvalue weighted by atomic mass is 10.1. The molecular weight excluding hydrogens is 234 g/mol. The molecule has 1 fully saturated rings. The summed E-state index contributed by atoms with van der Waals surface area (Å²) in [5, 5.41) is 8.85. The largest absolute Gasteiger partial charge is 0.479 e. The lowest BCUT2D eigenvalue weighted by Crippen LogP contribution is -2.48. The highest BCUT2D eigenvalue weighted by molar-refractivity contribution is 5.78. The lowest BCUT2D eigenvalue weighted by molar-refractivity contribution is -0.159. The molecule has 0 radical (unpaired) electrons. The lowest BCUT2D eigenvalue weighted by Gasteiger charge is -2.30. The minimum atomic E-state index is -0.990. The van der Waals surface area contributed by atoms with Crippen LogP contribution in [0.15, 0.2) is 0 Å². The van der Waals surface area contributed by atoms with Gasteiger partial charge in [0.1, 0.15) is 0 Å². The molecule has 1 unspecified atom stereocenters. The van der Waals surface area contributed by atoms with Crippen molar-refractivity contribution in [3.63, 3.8) is 0 Å². The number of carboxylic acids is 1. The number of unbranched alkanes of at least 4 members (excludes halogenated alkanes) is 4. The predicted octanol–water partition coefficient (Wildman–Crippen LogP) is 1.66. The Bertz CT molecular complexity index is 280. The van der Waals surface area contributed by atoms with Crippen molar-refractivity contribution < 1.29 is 19.4 Å². The molecule has 5 nitrogen and oxygen atoms in total. The second kappa shape index (κ2) is 8.08. The Hall–Kier alpha value is -1.10. The number of carboxylic acid groups (broad SMARTS) is 1. The molecule has 1 amide bonds. The van der Waals surface area contributed by atoms with Gasteiger partial charge in [0.15, 0.2) is 6.10 Å². The van der Waals surface area contributed by atoms with Gasteiger partial charge in [-0.1, -0.05) is 32.6 Å². The number of rotatable bonds is 7. The van der Waals surface area contributed by atoms with Crippen LogP contribution in [0.1, 0.15) is 45.4 Å². The summed E-state index contributed by atoms with van der Waals surface area (Å²) in [6.07, 6.45) is 5.22. The van der Waals surface area contributed by atoms with E-state index in [1.54, 1.807) is 4.90 Å². The van der Waals surface area contributed by atoms with Crippen molar-refractivity contribution in [1.82, 2.24) is 4.90 Å². The van der Waals surface area contributed by atoms with Gasteiger partial charge in [0.2, 0.25) is 5.91 Å². The third-order valence-electron chi connectivity index (χ3n) is 3.19. The van der Waals surface area contributed by atoms with E-state index >= 15 is 0 Å². The van der Waals surface area contributed by atoms with E-state index in [4.69, 9.17) is 9.84 Å². The van der Waals surface area contributed by atoms with Gasteiger partial charge in [0.25, 0.3) is 0 Å². The molecule has 18 heavy (non-hydrogen) atoms. The number of morpholine rings is 1. The summed E-state index contributed by atoms with van der Waals surface area (Å²) in [5.74, 6) is -0.934. The van der Waals surface area contributed by atoms with Crippen LogP contribution in [0.5, 0.6) is 0 Å². The number of nitrogens with zero attached hydrogens (tertiary/aromatic N) is 1. The Balaban J connectivity index is 2.22. The molecule has 1 saturated heterocycles. The Morgan fingerprint density at radius 1 is 1.28 bits per heavy atom. The van der Waals surface area contributed by atoms with Crippen LogP contribution in [-0.2, 0) is 14.3 Å². The maximum atomic E-state index is 11.9. The van der Waals surface area contributed by atoms with Gasteiger partial charge in [-0.25, -0.2) is 4.79 Å². The molecule has 0 aromatic rings. The average molecular weight is 257 g/mol. The normalized spacial score (nSPS) is 19.8. The minimum absolute atomic E-state index is 0.0565. The van der Waals surface area contributed by atoms with Crippen LogP contribution in [-0.4, -0.2) is 47.7 Å². The topological polar surface area (TPSA) is 66.8 Å². The Morgan fingerprint density at radius 3 is 2.67 bits per heavy atom. The number of hydrogen-bond donors (Lipinski definition) is 1. The quantitative estimate of drug-likeness (QED) is 0.704. The van der Waals surface area contributed by atoms with E-state index in [0.29, 0.717) is 19.6 Å². The second-order valence-electron chi connectivity index (χ2n) is 4.70. The van der Waals surface area contributed by atoms with Crippen LogP contribution in [0.25, 0.3) is 0 Å². The maximum Gasteiger partial charge on any atom is 0.334 e. The van der Waals surface area contributed by atoms with Crippen molar-refractivity contribution in [2.24, 2.45) is 0 Å². The first-order valence-electron chi connectivity index (χ1n) is 6.77. The molecule has 0 aromatic carbocycles. The number of carbonyl (C=O) groups is 2. The van der Waals surface area contributed by atoms with Crippen LogP contribution < -0.4 is 0 Å². The molecule has 104 valence electrons. The fourth-order valence-corrected chi connectivity index (χ4v) is 2.06. The second-order valence-corrected chi connectivity index (χ2v) is 4.70. The van der Waals surface area contributed by atoms with Gasteiger partial charge >= 0.3 is 5.97 Å². The van der Waals surface area contributed by atoms with E-state index in [2.05, 4.69) is 6.92 Å². The third-order valence-corrected chi connectivity index (χ3v) is 3.19. The van der Waals surface area contributed by atoms with E-state index in [1.165, 1.54) is 19.3 Å². The summed E-state index contributed by atoms with van der Waals surface area (Å²) >= 11 is 0. The Morgan fingerprint density at radius 2 is 2.00 bits per heavy atom. The summed E-state index contributed by atoms with van der Waals surface area (Å²) in [6, 6.07) is 0. The first kappa shape index (κ1) is 15.0. The SMILES string of the molecule is CCCCCCCC(=O)N1CCOC(C(=O)O)C1. The molecule has 1 N–H and O–H groups in total. The zero-order valence-corrected chi connectivity index (χ0v) is 11.1. The van der Waals surface area contributed by atoms with Gasteiger partial charge in [-0.3, -0.25) is 4.79 Å². The Labute approximate surface area is 108 Å². The molecule has 1 rings (SSSR count). The van der Waals surface area contributed by atoms with Crippen molar-refractivity contribution in [1.29, 1.82) is 0 Å². The van der Waals surface area contributed by atoms with Gasteiger partial charge in [-0.05, 0) is 6.42 Å². The molecule has 0 spiro atoms. The van der Waals surface area contributed by atoms with E-state index in [9.17, 15) is 9.59 Å². The summed E-state index contributed by atoms with van der Waals surface area (Å²) in [5.41, 5.74) is 0. The van der Waals surface area contributed by atoms with E-state index in [-0.39, 0.29) is 12.5 Å². The van der Waals surface area contributed by atoms with E-state index in [1.807, 2.05) is 0 Å². The molecule has 0 bridgehead atoms. The minimum Gasteiger partial charge on any atom is -0.479 e. The number of amides is 1. The molecule has 0 saturated carbocycles. The molecule has 1 aliphatic rings. The fraction of sp³-hybridized carbons (Fsp3) is 0.846. The van der Waals surface area contributed by atoms with Crippen molar-refractivity contribution in [2.45, 2.75) is 51.6 Å². The molecule has 1 aliphatic heterocycles.